The first-order valence-corrected chi connectivity index (χ1v) is 6.98. The summed E-state index contributed by atoms with van der Waals surface area (Å²) < 4.78 is 21.0. The van der Waals surface area contributed by atoms with Crippen molar-refractivity contribution in [2.24, 2.45) is 0 Å². The molecule has 0 aliphatic carbocycles. The van der Waals surface area contributed by atoms with Gasteiger partial charge in [-0.15, -0.1) is 0 Å². The second-order valence-corrected chi connectivity index (χ2v) is 4.94. The van der Waals surface area contributed by atoms with Crippen LogP contribution in [0.25, 0.3) is 0 Å². The average molecular weight is 306 g/mol. The molecule has 7 heteroatoms. The smallest absolute Gasteiger partial charge is 0.306 e. The highest BCUT2D eigenvalue weighted by Crippen LogP contribution is 2.02. The minimum Gasteiger partial charge on any atom is -0.481 e. The van der Waals surface area contributed by atoms with Gasteiger partial charge in [-0.1, -0.05) is 0 Å². The molecule has 0 aromatic heterocycles. The number of hydrogen-bond donors (Lipinski definition) is 1. The maximum Gasteiger partial charge on any atom is 0.306 e. The van der Waals surface area contributed by atoms with Crippen LogP contribution in [0.5, 0.6) is 0 Å². The lowest BCUT2D eigenvalue weighted by atomic mass is 10.3. The molecule has 0 bridgehead atoms. The molecular formula is C14H26O7. The van der Waals surface area contributed by atoms with Crippen LogP contribution >= 0.6 is 0 Å². The second-order valence-electron chi connectivity index (χ2n) is 4.94. The maximum atomic E-state index is 11.3. The molecule has 0 radical (unpaired) electrons. The van der Waals surface area contributed by atoms with E-state index in [2.05, 4.69) is 0 Å². The topological polar surface area (TPSA) is 91.3 Å². The summed E-state index contributed by atoms with van der Waals surface area (Å²) in [5, 5.41) is 8.46. The standard InChI is InChI=1S/C14H26O7/c1-10(7-18-4)19-8-11(2)20-9-12(3)21-14(17)6-5-13(15)16/h10-12H,5-9H2,1-4H3,(H,15,16). The van der Waals surface area contributed by atoms with E-state index in [0.717, 1.165) is 0 Å². The van der Waals surface area contributed by atoms with Gasteiger partial charge in [-0.2, -0.15) is 0 Å². The fraction of sp³-hybridized carbons (Fsp3) is 0.857. The number of ether oxygens (including phenoxy) is 4. The van der Waals surface area contributed by atoms with Crippen molar-refractivity contribution in [1.29, 1.82) is 0 Å². The molecule has 0 aromatic rings. The van der Waals surface area contributed by atoms with E-state index >= 15 is 0 Å². The van der Waals surface area contributed by atoms with Crippen molar-refractivity contribution >= 4 is 11.9 Å². The largest absolute Gasteiger partial charge is 0.481 e. The SMILES string of the molecule is COCC(C)OCC(C)OCC(C)OC(=O)CCC(=O)O. The Bertz CT molecular complexity index is 306. The predicted molar refractivity (Wildman–Crippen MR) is 75.1 cm³/mol. The van der Waals surface area contributed by atoms with Crippen molar-refractivity contribution in [3.05, 3.63) is 0 Å². The molecule has 0 aromatic carbocycles. The third kappa shape index (κ3) is 12.3. The molecule has 124 valence electrons. The van der Waals surface area contributed by atoms with Gasteiger partial charge in [0.05, 0.1) is 44.9 Å². The number of hydrogen-bond acceptors (Lipinski definition) is 6. The molecule has 0 spiro atoms. The van der Waals surface area contributed by atoms with Gasteiger partial charge in [-0.3, -0.25) is 9.59 Å². The number of carboxylic acids is 1. The van der Waals surface area contributed by atoms with E-state index in [-0.39, 0.29) is 31.7 Å². The van der Waals surface area contributed by atoms with Crippen LogP contribution < -0.4 is 0 Å². The van der Waals surface area contributed by atoms with E-state index in [0.29, 0.717) is 13.2 Å². The van der Waals surface area contributed by atoms with Crippen LogP contribution in [0.15, 0.2) is 0 Å². The number of aliphatic carboxylic acids is 1. The van der Waals surface area contributed by atoms with Gasteiger partial charge >= 0.3 is 11.9 Å². The Morgan fingerprint density at radius 2 is 1.43 bits per heavy atom. The Morgan fingerprint density at radius 3 is 1.95 bits per heavy atom. The van der Waals surface area contributed by atoms with Gasteiger partial charge in [0.25, 0.3) is 0 Å². The Morgan fingerprint density at radius 1 is 0.905 bits per heavy atom. The first kappa shape index (κ1) is 19.8. The van der Waals surface area contributed by atoms with E-state index in [1.54, 1.807) is 14.0 Å². The molecule has 3 atom stereocenters. The van der Waals surface area contributed by atoms with Crippen molar-refractivity contribution < 1.29 is 33.6 Å². The Balaban J connectivity index is 3.73. The number of esters is 1. The van der Waals surface area contributed by atoms with Gasteiger partial charge in [0.1, 0.15) is 6.10 Å². The number of carboxylic acid groups (broad SMARTS) is 1. The lowest BCUT2D eigenvalue weighted by Gasteiger charge is -2.19. The summed E-state index contributed by atoms with van der Waals surface area (Å²) in [4.78, 5) is 21.6. The minimum absolute atomic E-state index is 0.00711. The van der Waals surface area contributed by atoms with Gasteiger partial charge in [-0.25, -0.2) is 0 Å². The molecule has 3 unspecified atom stereocenters. The summed E-state index contributed by atoms with van der Waals surface area (Å²) in [6.07, 6.45) is -0.928. The van der Waals surface area contributed by atoms with Crippen molar-refractivity contribution in [1.82, 2.24) is 0 Å². The van der Waals surface area contributed by atoms with Gasteiger partial charge in [0, 0.05) is 7.11 Å². The van der Waals surface area contributed by atoms with Crippen molar-refractivity contribution in [2.45, 2.75) is 51.9 Å². The normalized spacial score (nSPS) is 15.2. The van der Waals surface area contributed by atoms with Crippen molar-refractivity contribution in [3.8, 4) is 0 Å². The zero-order valence-corrected chi connectivity index (χ0v) is 13.2. The number of rotatable bonds is 12. The molecule has 0 saturated carbocycles. The minimum atomic E-state index is -1.02. The second kappa shape index (κ2) is 11.5. The third-order valence-electron chi connectivity index (χ3n) is 2.51. The monoisotopic (exact) mass is 306 g/mol. The van der Waals surface area contributed by atoms with E-state index in [9.17, 15) is 9.59 Å². The lowest BCUT2D eigenvalue weighted by molar-refractivity contribution is -0.155. The van der Waals surface area contributed by atoms with Crippen LogP contribution in [0.3, 0.4) is 0 Å². The van der Waals surface area contributed by atoms with E-state index < -0.39 is 18.0 Å². The third-order valence-corrected chi connectivity index (χ3v) is 2.51. The number of carbonyl (C=O) groups excluding carboxylic acids is 1. The zero-order valence-electron chi connectivity index (χ0n) is 13.2. The van der Waals surface area contributed by atoms with E-state index in [1.807, 2.05) is 13.8 Å². The van der Waals surface area contributed by atoms with E-state index in [4.69, 9.17) is 24.1 Å². The van der Waals surface area contributed by atoms with Crippen LogP contribution in [-0.4, -0.2) is 62.3 Å². The first-order valence-electron chi connectivity index (χ1n) is 6.98. The van der Waals surface area contributed by atoms with Gasteiger partial charge in [-0.05, 0) is 20.8 Å². The average Bonchev–Trinajstić information content (AvgIpc) is 2.41. The highest BCUT2D eigenvalue weighted by Gasteiger charge is 2.13. The quantitative estimate of drug-likeness (QED) is 0.542. The Hall–Kier alpha value is -1.18. The summed E-state index contributed by atoms with van der Waals surface area (Å²) in [6.45, 7) is 6.64. The molecule has 21 heavy (non-hydrogen) atoms. The molecule has 0 fully saturated rings. The molecule has 0 saturated heterocycles. The van der Waals surface area contributed by atoms with Crippen LogP contribution in [-0.2, 0) is 28.5 Å². The van der Waals surface area contributed by atoms with Crippen molar-refractivity contribution in [3.63, 3.8) is 0 Å². The number of carbonyl (C=O) groups is 2. The summed E-state index contributed by atoms with van der Waals surface area (Å²) >= 11 is 0. The van der Waals surface area contributed by atoms with Gasteiger partial charge in [0.2, 0.25) is 0 Å². The molecule has 1 N–H and O–H groups in total. The van der Waals surface area contributed by atoms with Crippen LogP contribution in [0.4, 0.5) is 0 Å². The molecular weight excluding hydrogens is 280 g/mol. The molecule has 0 aliphatic rings. The fourth-order valence-electron chi connectivity index (χ4n) is 1.46. The molecule has 0 amide bonds. The lowest BCUT2D eigenvalue weighted by Crippen LogP contribution is -2.27. The Kier molecular flexibility index (Phi) is 10.8. The van der Waals surface area contributed by atoms with Crippen LogP contribution in [0.2, 0.25) is 0 Å². The zero-order chi connectivity index (χ0) is 16.3. The van der Waals surface area contributed by atoms with Gasteiger partial charge in [0.15, 0.2) is 0 Å². The summed E-state index contributed by atoms with van der Waals surface area (Å²) in [7, 11) is 1.61. The van der Waals surface area contributed by atoms with E-state index in [1.165, 1.54) is 0 Å². The summed E-state index contributed by atoms with van der Waals surface area (Å²) in [6, 6.07) is 0. The van der Waals surface area contributed by atoms with Crippen molar-refractivity contribution in [2.75, 3.05) is 26.9 Å². The van der Waals surface area contributed by atoms with Gasteiger partial charge < -0.3 is 24.1 Å². The molecule has 7 nitrogen and oxygen atoms in total. The predicted octanol–water partition coefficient (Wildman–Crippen LogP) is 1.24. The highest BCUT2D eigenvalue weighted by atomic mass is 16.6. The van der Waals surface area contributed by atoms with Crippen LogP contribution in [0.1, 0.15) is 33.6 Å². The number of methoxy groups -OCH3 is 1. The first-order chi connectivity index (χ1) is 9.85. The highest BCUT2D eigenvalue weighted by molar-refractivity contribution is 5.76. The van der Waals surface area contributed by atoms with Crippen LogP contribution in [0, 0.1) is 0 Å². The maximum absolute atomic E-state index is 11.3. The molecule has 0 heterocycles. The molecule has 0 rings (SSSR count). The fourth-order valence-corrected chi connectivity index (χ4v) is 1.46. The Labute approximate surface area is 125 Å². The summed E-state index contributed by atoms with van der Waals surface area (Å²) in [5.41, 5.74) is 0. The summed E-state index contributed by atoms with van der Waals surface area (Å²) in [5.74, 6) is -1.56. The molecule has 0 aliphatic heterocycles.